The number of rotatable bonds is 11. The number of nitrogens with one attached hydrogen (secondary N) is 2. The molecule has 0 aliphatic rings. The Labute approximate surface area is 123 Å². The standard InChI is InChI=1S/C13H22N4O4/c1-20-6-7-21-5-3-2-4-15-11-8-12(16-14)10-13(9-11)17(18)19/h8-10,15-16H,2-7,14H2,1H3. The van der Waals surface area contributed by atoms with Crippen molar-refractivity contribution in [1.82, 2.24) is 0 Å². The topological polar surface area (TPSA) is 112 Å². The van der Waals surface area contributed by atoms with Crippen LogP contribution in [0.3, 0.4) is 0 Å². The van der Waals surface area contributed by atoms with Crippen molar-refractivity contribution < 1.29 is 14.4 Å². The first-order chi connectivity index (χ1) is 10.2. The predicted molar refractivity (Wildman–Crippen MR) is 81.3 cm³/mol. The number of methoxy groups -OCH3 is 1. The third-order valence-electron chi connectivity index (χ3n) is 2.77. The highest BCUT2D eigenvalue weighted by Gasteiger charge is 2.08. The average Bonchev–Trinajstić information content (AvgIpc) is 2.49. The van der Waals surface area contributed by atoms with Gasteiger partial charge >= 0.3 is 0 Å². The first kappa shape index (κ1) is 17.2. The highest BCUT2D eigenvalue weighted by atomic mass is 16.6. The Morgan fingerprint density at radius 3 is 2.62 bits per heavy atom. The number of anilines is 2. The van der Waals surface area contributed by atoms with E-state index in [4.69, 9.17) is 15.3 Å². The molecular weight excluding hydrogens is 276 g/mol. The Balaban J connectivity index is 2.31. The third kappa shape index (κ3) is 6.89. The van der Waals surface area contributed by atoms with E-state index in [9.17, 15) is 10.1 Å². The zero-order valence-corrected chi connectivity index (χ0v) is 12.1. The van der Waals surface area contributed by atoms with E-state index < -0.39 is 4.92 Å². The lowest BCUT2D eigenvalue weighted by Gasteiger charge is -2.09. The lowest BCUT2D eigenvalue weighted by molar-refractivity contribution is -0.384. The van der Waals surface area contributed by atoms with Crippen LogP contribution in [0.15, 0.2) is 18.2 Å². The quantitative estimate of drug-likeness (QED) is 0.247. The molecule has 0 spiro atoms. The van der Waals surface area contributed by atoms with Crippen molar-refractivity contribution in [2.75, 3.05) is 44.2 Å². The monoisotopic (exact) mass is 298 g/mol. The molecular formula is C13H22N4O4. The van der Waals surface area contributed by atoms with Crippen LogP contribution in [0.5, 0.6) is 0 Å². The van der Waals surface area contributed by atoms with Gasteiger partial charge in [0, 0.05) is 38.1 Å². The first-order valence-electron chi connectivity index (χ1n) is 6.74. The second-order valence-corrected chi connectivity index (χ2v) is 4.41. The summed E-state index contributed by atoms with van der Waals surface area (Å²) in [7, 11) is 1.64. The summed E-state index contributed by atoms with van der Waals surface area (Å²) in [5.41, 5.74) is 3.57. The number of hydrogen-bond donors (Lipinski definition) is 3. The molecule has 0 saturated carbocycles. The summed E-state index contributed by atoms with van der Waals surface area (Å²) >= 11 is 0. The van der Waals surface area contributed by atoms with E-state index in [1.807, 2.05) is 0 Å². The van der Waals surface area contributed by atoms with Crippen molar-refractivity contribution in [3.05, 3.63) is 28.3 Å². The molecule has 0 atom stereocenters. The van der Waals surface area contributed by atoms with Gasteiger partial charge in [0.05, 0.1) is 23.8 Å². The van der Waals surface area contributed by atoms with Gasteiger partial charge in [-0.1, -0.05) is 0 Å². The minimum Gasteiger partial charge on any atom is -0.385 e. The lowest BCUT2D eigenvalue weighted by Crippen LogP contribution is -2.09. The van der Waals surface area contributed by atoms with E-state index in [0.29, 0.717) is 37.7 Å². The van der Waals surface area contributed by atoms with Crippen LogP contribution in [0.4, 0.5) is 17.1 Å². The SMILES string of the molecule is COCCOCCCCNc1cc(NN)cc([N+](=O)[O-])c1. The van der Waals surface area contributed by atoms with E-state index in [1.54, 1.807) is 13.2 Å². The molecule has 0 saturated heterocycles. The second kappa shape index (κ2) is 9.92. The first-order valence-corrected chi connectivity index (χ1v) is 6.74. The van der Waals surface area contributed by atoms with Crippen molar-refractivity contribution in [3.63, 3.8) is 0 Å². The highest BCUT2D eigenvalue weighted by molar-refractivity contribution is 5.63. The van der Waals surface area contributed by atoms with Crippen molar-refractivity contribution in [1.29, 1.82) is 0 Å². The maximum absolute atomic E-state index is 10.8. The molecule has 0 fully saturated rings. The molecule has 0 aromatic heterocycles. The van der Waals surface area contributed by atoms with Gasteiger partial charge < -0.3 is 20.2 Å². The number of nitrogen functional groups attached to an aromatic ring is 1. The van der Waals surface area contributed by atoms with E-state index in [0.717, 1.165) is 12.8 Å². The van der Waals surface area contributed by atoms with Gasteiger partial charge in [-0.3, -0.25) is 16.0 Å². The molecule has 0 heterocycles. The largest absolute Gasteiger partial charge is 0.385 e. The van der Waals surface area contributed by atoms with Gasteiger partial charge in [-0.2, -0.15) is 0 Å². The summed E-state index contributed by atoms with van der Waals surface area (Å²) in [6, 6.07) is 4.59. The molecule has 4 N–H and O–H groups in total. The van der Waals surface area contributed by atoms with Gasteiger partial charge in [-0.15, -0.1) is 0 Å². The van der Waals surface area contributed by atoms with Crippen LogP contribution < -0.4 is 16.6 Å². The zero-order valence-electron chi connectivity index (χ0n) is 12.1. The molecule has 0 radical (unpaired) electrons. The number of unbranched alkanes of at least 4 members (excludes halogenated alkanes) is 1. The number of non-ortho nitro benzene ring substituents is 1. The van der Waals surface area contributed by atoms with Crippen LogP contribution in [-0.2, 0) is 9.47 Å². The van der Waals surface area contributed by atoms with Gasteiger partial charge in [0.15, 0.2) is 0 Å². The third-order valence-corrected chi connectivity index (χ3v) is 2.77. The molecule has 1 aromatic rings. The number of ether oxygens (including phenoxy) is 2. The van der Waals surface area contributed by atoms with E-state index in [-0.39, 0.29) is 5.69 Å². The average molecular weight is 298 g/mol. The normalized spacial score (nSPS) is 10.4. The molecule has 0 unspecified atom stereocenters. The number of nitrogens with zero attached hydrogens (tertiary/aromatic N) is 1. The fourth-order valence-electron chi connectivity index (χ4n) is 1.71. The summed E-state index contributed by atoms with van der Waals surface area (Å²) in [5, 5.41) is 13.9. The summed E-state index contributed by atoms with van der Waals surface area (Å²) in [6.07, 6.45) is 1.81. The van der Waals surface area contributed by atoms with Crippen molar-refractivity contribution in [3.8, 4) is 0 Å². The Morgan fingerprint density at radius 1 is 1.19 bits per heavy atom. The Hall–Kier alpha value is -1.90. The molecule has 21 heavy (non-hydrogen) atoms. The zero-order chi connectivity index (χ0) is 15.5. The van der Waals surface area contributed by atoms with Crippen molar-refractivity contribution in [2.24, 2.45) is 5.84 Å². The van der Waals surface area contributed by atoms with Gasteiger partial charge in [-0.25, -0.2) is 0 Å². The molecule has 8 nitrogen and oxygen atoms in total. The van der Waals surface area contributed by atoms with Gasteiger partial charge in [0.1, 0.15) is 0 Å². The number of hydrazine groups is 1. The second-order valence-electron chi connectivity index (χ2n) is 4.41. The Morgan fingerprint density at radius 2 is 1.95 bits per heavy atom. The maximum atomic E-state index is 10.8. The highest BCUT2D eigenvalue weighted by Crippen LogP contribution is 2.23. The van der Waals surface area contributed by atoms with Crippen LogP contribution >= 0.6 is 0 Å². The van der Waals surface area contributed by atoms with Crippen LogP contribution in [0, 0.1) is 10.1 Å². The Kier molecular flexibility index (Phi) is 8.10. The fraction of sp³-hybridized carbons (Fsp3) is 0.538. The van der Waals surface area contributed by atoms with E-state index in [2.05, 4.69) is 10.7 Å². The molecule has 118 valence electrons. The summed E-state index contributed by atoms with van der Waals surface area (Å²) in [6.45, 7) is 2.58. The molecule has 0 aliphatic carbocycles. The molecule has 0 aliphatic heterocycles. The van der Waals surface area contributed by atoms with Crippen LogP contribution in [0.2, 0.25) is 0 Å². The number of nitrogens with two attached hydrogens (primary N) is 1. The van der Waals surface area contributed by atoms with E-state index >= 15 is 0 Å². The van der Waals surface area contributed by atoms with Gasteiger partial charge in [0.25, 0.3) is 5.69 Å². The summed E-state index contributed by atoms with van der Waals surface area (Å²) in [4.78, 5) is 10.4. The van der Waals surface area contributed by atoms with Gasteiger partial charge in [0.2, 0.25) is 0 Å². The lowest BCUT2D eigenvalue weighted by atomic mass is 10.2. The van der Waals surface area contributed by atoms with Crippen LogP contribution in [0.1, 0.15) is 12.8 Å². The van der Waals surface area contributed by atoms with Crippen LogP contribution in [0.25, 0.3) is 0 Å². The van der Waals surface area contributed by atoms with Crippen LogP contribution in [-0.4, -0.2) is 38.4 Å². The fourth-order valence-corrected chi connectivity index (χ4v) is 1.71. The summed E-state index contributed by atoms with van der Waals surface area (Å²) in [5.74, 6) is 5.29. The molecule has 0 bridgehead atoms. The summed E-state index contributed by atoms with van der Waals surface area (Å²) < 4.78 is 10.2. The van der Waals surface area contributed by atoms with E-state index in [1.165, 1.54) is 12.1 Å². The van der Waals surface area contributed by atoms with Crippen molar-refractivity contribution >= 4 is 17.1 Å². The minimum atomic E-state index is -0.449. The number of benzene rings is 1. The number of nitro groups is 1. The molecule has 0 amide bonds. The maximum Gasteiger partial charge on any atom is 0.273 e. The number of hydrogen-bond acceptors (Lipinski definition) is 7. The Bertz CT molecular complexity index is 442. The smallest absolute Gasteiger partial charge is 0.273 e. The number of nitro benzene ring substituents is 1. The van der Waals surface area contributed by atoms with Gasteiger partial charge in [-0.05, 0) is 18.9 Å². The van der Waals surface area contributed by atoms with Crippen molar-refractivity contribution in [2.45, 2.75) is 12.8 Å². The predicted octanol–water partition coefficient (Wildman–Crippen LogP) is 1.74. The minimum absolute atomic E-state index is 0.00384. The molecule has 1 rings (SSSR count). The molecule has 1 aromatic carbocycles. The molecule has 8 heteroatoms.